The van der Waals surface area contributed by atoms with Crippen LogP contribution in [0.4, 0.5) is 17.6 Å². The average molecular weight is 315 g/mol. The van der Waals surface area contributed by atoms with Crippen LogP contribution in [0.25, 0.3) is 0 Å². The van der Waals surface area contributed by atoms with Crippen molar-refractivity contribution in [1.29, 1.82) is 0 Å². The van der Waals surface area contributed by atoms with Crippen LogP contribution in [0.1, 0.15) is 25.2 Å². The maximum atomic E-state index is 11.0. The summed E-state index contributed by atoms with van der Waals surface area (Å²) in [4.78, 5) is 27.6. The second-order valence-electron chi connectivity index (χ2n) is 4.68. The van der Waals surface area contributed by atoms with Gasteiger partial charge in [-0.25, -0.2) is 0 Å². The molecule has 0 unspecified atom stereocenters. The molecule has 5 N–H and O–H groups in total. The molecule has 23 heavy (non-hydrogen) atoms. The first-order valence-electron chi connectivity index (χ1n) is 6.74. The van der Waals surface area contributed by atoms with Crippen molar-refractivity contribution in [1.82, 2.24) is 15.0 Å². The van der Waals surface area contributed by atoms with Gasteiger partial charge in [0.15, 0.2) is 12.4 Å². The normalized spacial score (nSPS) is 11.1. The van der Waals surface area contributed by atoms with Crippen molar-refractivity contribution >= 4 is 29.2 Å². The Balaban J connectivity index is 1.98. The Morgan fingerprint density at radius 3 is 2.30 bits per heavy atom. The number of nitrogens with two attached hydrogens (primary N) is 2. The summed E-state index contributed by atoms with van der Waals surface area (Å²) in [5, 5.41) is 6.68. The first-order chi connectivity index (χ1) is 10.9. The molecule has 2 rings (SSSR count). The highest BCUT2D eigenvalue weighted by Gasteiger charge is 2.03. The monoisotopic (exact) mass is 315 g/mol. The van der Waals surface area contributed by atoms with Crippen LogP contribution in [0, 0.1) is 0 Å². The molecule has 0 spiro atoms. The van der Waals surface area contributed by atoms with Gasteiger partial charge in [0.05, 0.1) is 5.71 Å². The third-order valence-corrected chi connectivity index (χ3v) is 2.73. The summed E-state index contributed by atoms with van der Waals surface area (Å²) < 4.78 is 0. The van der Waals surface area contributed by atoms with Gasteiger partial charge in [0, 0.05) is 12.6 Å². The number of oxime groups is 1. The van der Waals surface area contributed by atoms with Crippen LogP contribution in [0.15, 0.2) is 29.4 Å². The fraction of sp³-hybridized carbons (Fsp3) is 0.214. The topological polar surface area (TPSA) is 141 Å². The van der Waals surface area contributed by atoms with Gasteiger partial charge in [0.25, 0.3) is 0 Å². The minimum absolute atomic E-state index is 0.0260. The van der Waals surface area contributed by atoms with E-state index >= 15 is 0 Å². The average Bonchev–Trinajstić information content (AvgIpc) is 2.46. The van der Waals surface area contributed by atoms with Crippen LogP contribution in [0.2, 0.25) is 0 Å². The number of hydrogen-bond donors (Lipinski definition) is 3. The van der Waals surface area contributed by atoms with Crippen molar-refractivity contribution in [3.63, 3.8) is 0 Å². The lowest BCUT2D eigenvalue weighted by molar-refractivity contribution is -0.114. The number of hydrogen-bond acceptors (Lipinski definition) is 8. The van der Waals surface area contributed by atoms with E-state index < -0.39 is 0 Å². The molecule has 1 heterocycles. The van der Waals surface area contributed by atoms with Gasteiger partial charge >= 0.3 is 0 Å². The van der Waals surface area contributed by atoms with Crippen LogP contribution < -0.4 is 16.8 Å². The van der Waals surface area contributed by atoms with Gasteiger partial charge in [-0.15, -0.1) is 0 Å². The summed E-state index contributed by atoms with van der Waals surface area (Å²) in [6, 6.07) is 7.21. The number of anilines is 3. The molecule has 9 heteroatoms. The summed E-state index contributed by atoms with van der Waals surface area (Å²) in [6.45, 7) is 3.27. The summed E-state index contributed by atoms with van der Waals surface area (Å²) in [5.74, 6) is 0.241. The molecular weight excluding hydrogens is 298 g/mol. The molecule has 1 aromatic heterocycles. The molecule has 0 radical (unpaired) electrons. The molecule has 1 aromatic carbocycles. The second-order valence-corrected chi connectivity index (χ2v) is 4.68. The highest BCUT2D eigenvalue weighted by atomic mass is 16.6. The van der Waals surface area contributed by atoms with Crippen LogP contribution in [-0.2, 0) is 16.2 Å². The Morgan fingerprint density at radius 1 is 1.13 bits per heavy atom. The Labute approximate surface area is 132 Å². The number of nitrogens with one attached hydrogen (secondary N) is 1. The van der Waals surface area contributed by atoms with E-state index in [2.05, 4.69) is 25.4 Å². The lowest BCUT2D eigenvalue weighted by atomic mass is 10.1. The number of nitrogens with zero attached hydrogens (tertiary/aromatic N) is 4. The number of carbonyl (C=O) groups excluding carboxylic acids is 1. The lowest BCUT2D eigenvalue weighted by Crippen LogP contribution is -2.07. The smallest absolute Gasteiger partial charge is 0.225 e. The van der Waals surface area contributed by atoms with Crippen molar-refractivity contribution in [2.45, 2.75) is 20.5 Å². The summed E-state index contributed by atoms with van der Waals surface area (Å²) in [6.07, 6.45) is 0. The molecule has 0 bridgehead atoms. The van der Waals surface area contributed by atoms with Gasteiger partial charge in [-0.05, 0) is 24.6 Å². The van der Waals surface area contributed by atoms with E-state index in [0.29, 0.717) is 17.2 Å². The Bertz CT molecular complexity index is 708. The first-order valence-corrected chi connectivity index (χ1v) is 6.74. The minimum Gasteiger partial charge on any atom is -0.387 e. The van der Waals surface area contributed by atoms with Crippen molar-refractivity contribution in [3.8, 4) is 0 Å². The molecule has 0 aliphatic carbocycles. The number of benzene rings is 1. The highest BCUT2D eigenvalue weighted by Crippen LogP contribution is 2.11. The van der Waals surface area contributed by atoms with Gasteiger partial charge in [0.2, 0.25) is 17.8 Å². The molecule has 0 aliphatic rings. The first kappa shape index (κ1) is 16.1. The molecule has 9 nitrogen and oxygen atoms in total. The van der Waals surface area contributed by atoms with Crippen LogP contribution in [-0.4, -0.2) is 26.6 Å². The van der Waals surface area contributed by atoms with Gasteiger partial charge in [-0.2, -0.15) is 15.0 Å². The highest BCUT2D eigenvalue weighted by molar-refractivity contribution is 5.99. The fourth-order valence-corrected chi connectivity index (χ4v) is 1.76. The van der Waals surface area contributed by atoms with E-state index in [-0.39, 0.29) is 24.4 Å². The number of rotatable bonds is 5. The maximum Gasteiger partial charge on any atom is 0.225 e. The SMILES string of the molecule is CC(=O)Nc1ccc(/C(C)=N/OCc2nc(N)nc(N)n2)cc1. The quantitative estimate of drug-likeness (QED) is 0.550. The van der Waals surface area contributed by atoms with Crippen molar-refractivity contribution in [3.05, 3.63) is 35.7 Å². The largest absolute Gasteiger partial charge is 0.387 e. The number of nitrogen functional groups attached to an aromatic ring is 2. The fourth-order valence-electron chi connectivity index (χ4n) is 1.76. The van der Waals surface area contributed by atoms with Gasteiger partial charge in [-0.3, -0.25) is 4.79 Å². The van der Waals surface area contributed by atoms with E-state index in [1.165, 1.54) is 6.92 Å². The zero-order chi connectivity index (χ0) is 16.8. The molecule has 120 valence electrons. The van der Waals surface area contributed by atoms with Crippen molar-refractivity contribution in [2.75, 3.05) is 16.8 Å². The van der Waals surface area contributed by atoms with E-state index in [0.717, 1.165) is 5.56 Å². The molecule has 0 atom stereocenters. The van der Waals surface area contributed by atoms with Crippen LogP contribution >= 0.6 is 0 Å². The Morgan fingerprint density at radius 2 is 1.74 bits per heavy atom. The molecule has 0 saturated carbocycles. The molecule has 0 aliphatic heterocycles. The van der Waals surface area contributed by atoms with Crippen molar-refractivity contribution in [2.24, 2.45) is 5.16 Å². The molecule has 1 amide bonds. The molecule has 0 saturated heterocycles. The van der Waals surface area contributed by atoms with E-state index in [9.17, 15) is 4.79 Å². The number of carbonyl (C=O) groups is 1. The third-order valence-electron chi connectivity index (χ3n) is 2.73. The van der Waals surface area contributed by atoms with Gasteiger partial charge < -0.3 is 21.6 Å². The summed E-state index contributed by atoms with van der Waals surface area (Å²) in [7, 11) is 0. The van der Waals surface area contributed by atoms with E-state index in [1.54, 1.807) is 19.1 Å². The maximum absolute atomic E-state index is 11.0. The molecule has 2 aromatic rings. The summed E-state index contributed by atoms with van der Waals surface area (Å²) in [5.41, 5.74) is 13.2. The Hall–Kier alpha value is -3.23. The van der Waals surface area contributed by atoms with Crippen molar-refractivity contribution < 1.29 is 9.63 Å². The van der Waals surface area contributed by atoms with Crippen LogP contribution in [0.5, 0.6) is 0 Å². The third kappa shape index (κ3) is 4.92. The van der Waals surface area contributed by atoms with Gasteiger partial charge in [0.1, 0.15) is 0 Å². The summed E-state index contributed by atoms with van der Waals surface area (Å²) >= 11 is 0. The second kappa shape index (κ2) is 7.16. The number of amides is 1. The number of aromatic nitrogens is 3. The minimum atomic E-state index is -0.123. The zero-order valence-electron chi connectivity index (χ0n) is 12.8. The molecule has 0 fully saturated rings. The predicted octanol–water partition coefficient (Wildman–Crippen LogP) is 0.935. The lowest BCUT2D eigenvalue weighted by Gasteiger charge is -2.05. The van der Waals surface area contributed by atoms with Gasteiger partial charge in [-0.1, -0.05) is 17.3 Å². The molecular formula is C14H17N7O2. The predicted molar refractivity (Wildman–Crippen MR) is 86.4 cm³/mol. The van der Waals surface area contributed by atoms with E-state index in [4.69, 9.17) is 16.3 Å². The zero-order valence-corrected chi connectivity index (χ0v) is 12.8. The Kier molecular flexibility index (Phi) is 5.03. The standard InChI is InChI=1S/C14H17N7O2/c1-8(10-3-5-11(6-4-10)17-9(2)22)21-23-7-12-18-13(15)20-14(16)19-12/h3-6H,7H2,1-2H3,(H,17,22)(H4,15,16,18,19,20)/b21-8+. The van der Waals surface area contributed by atoms with Crippen LogP contribution in [0.3, 0.4) is 0 Å². The van der Waals surface area contributed by atoms with E-state index in [1.807, 2.05) is 12.1 Å².